The lowest BCUT2D eigenvalue weighted by Gasteiger charge is -2.07. The number of nitro benzene ring substituents is 1. The van der Waals surface area contributed by atoms with E-state index in [2.05, 4.69) is 0 Å². The van der Waals surface area contributed by atoms with E-state index in [1.165, 1.54) is 18.2 Å². The second kappa shape index (κ2) is 4.08. The normalized spacial score (nSPS) is 12.1. The molecule has 0 aromatic heterocycles. The van der Waals surface area contributed by atoms with Crippen molar-refractivity contribution in [2.75, 3.05) is 0 Å². The number of carboxylic acid groups (broad SMARTS) is 1. The van der Waals surface area contributed by atoms with E-state index in [1.54, 1.807) is 13.8 Å². The summed E-state index contributed by atoms with van der Waals surface area (Å²) >= 11 is 0. The van der Waals surface area contributed by atoms with Crippen LogP contribution in [0.5, 0.6) is 0 Å². The van der Waals surface area contributed by atoms with Crippen molar-refractivity contribution >= 4 is 11.7 Å². The van der Waals surface area contributed by atoms with Gasteiger partial charge in [-0.2, -0.15) is 0 Å². The van der Waals surface area contributed by atoms with Crippen molar-refractivity contribution in [1.82, 2.24) is 0 Å². The monoisotopic (exact) mass is 209 g/mol. The summed E-state index contributed by atoms with van der Waals surface area (Å²) in [5.74, 6) is -1.59. The third-order valence-electron chi connectivity index (χ3n) is 2.29. The molecule has 0 fully saturated rings. The Kier molecular flexibility index (Phi) is 3.04. The smallest absolute Gasteiger partial charge is 0.310 e. The average molecular weight is 209 g/mol. The first-order valence-corrected chi connectivity index (χ1v) is 4.41. The summed E-state index contributed by atoms with van der Waals surface area (Å²) in [6.07, 6.45) is 0. The van der Waals surface area contributed by atoms with Gasteiger partial charge in [0.15, 0.2) is 0 Å². The second-order valence-electron chi connectivity index (χ2n) is 3.36. The van der Waals surface area contributed by atoms with Crippen LogP contribution in [0.3, 0.4) is 0 Å². The number of nitro groups is 1. The van der Waals surface area contributed by atoms with Gasteiger partial charge in [-0.05, 0) is 25.5 Å². The third-order valence-corrected chi connectivity index (χ3v) is 2.29. The van der Waals surface area contributed by atoms with Crippen LogP contribution >= 0.6 is 0 Å². The Labute approximate surface area is 86.5 Å². The molecule has 0 spiro atoms. The fourth-order valence-electron chi connectivity index (χ4n) is 1.30. The van der Waals surface area contributed by atoms with Gasteiger partial charge in [-0.25, -0.2) is 0 Å². The van der Waals surface area contributed by atoms with Gasteiger partial charge in [0, 0.05) is 11.6 Å². The summed E-state index contributed by atoms with van der Waals surface area (Å²) in [6.45, 7) is 3.14. The minimum Gasteiger partial charge on any atom is -0.481 e. The number of carbonyl (C=O) groups is 1. The summed E-state index contributed by atoms with van der Waals surface area (Å²) in [4.78, 5) is 20.7. The first-order valence-electron chi connectivity index (χ1n) is 4.41. The van der Waals surface area contributed by atoms with Gasteiger partial charge >= 0.3 is 5.97 Å². The molecule has 1 rings (SSSR count). The van der Waals surface area contributed by atoms with E-state index in [4.69, 9.17) is 5.11 Å². The molecule has 1 atom stereocenters. The van der Waals surface area contributed by atoms with E-state index in [0.717, 1.165) is 0 Å². The second-order valence-corrected chi connectivity index (χ2v) is 3.36. The molecule has 0 aliphatic heterocycles. The molecule has 0 amide bonds. The fourth-order valence-corrected chi connectivity index (χ4v) is 1.30. The molecule has 0 aliphatic carbocycles. The largest absolute Gasteiger partial charge is 0.481 e. The van der Waals surface area contributed by atoms with Gasteiger partial charge in [-0.3, -0.25) is 14.9 Å². The SMILES string of the molecule is Cc1cc([C@H](C)C(=O)O)ccc1[N+](=O)[O-]. The molecule has 5 nitrogen and oxygen atoms in total. The molecule has 0 saturated carbocycles. The Morgan fingerprint density at radius 1 is 1.53 bits per heavy atom. The van der Waals surface area contributed by atoms with Crippen LogP contribution in [0, 0.1) is 17.0 Å². The van der Waals surface area contributed by atoms with E-state index in [1.807, 2.05) is 0 Å². The fraction of sp³-hybridized carbons (Fsp3) is 0.300. The highest BCUT2D eigenvalue weighted by molar-refractivity contribution is 5.75. The van der Waals surface area contributed by atoms with Gasteiger partial charge in [0.05, 0.1) is 10.8 Å². The van der Waals surface area contributed by atoms with Crippen molar-refractivity contribution in [1.29, 1.82) is 0 Å². The molecule has 80 valence electrons. The van der Waals surface area contributed by atoms with Gasteiger partial charge in [0.25, 0.3) is 5.69 Å². The van der Waals surface area contributed by atoms with Crippen molar-refractivity contribution in [2.24, 2.45) is 0 Å². The number of aryl methyl sites for hydroxylation is 1. The summed E-state index contributed by atoms with van der Waals surface area (Å²) in [6, 6.07) is 4.35. The summed E-state index contributed by atoms with van der Waals surface area (Å²) in [5, 5.41) is 19.3. The van der Waals surface area contributed by atoms with Gasteiger partial charge < -0.3 is 5.11 Å². The van der Waals surface area contributed by atoms with Gasteiger partial charge in [0.1, 0.15) is 0 Å². The van der Waals surface area contributed by atoms with Crippen molar-refractivity contribution < 1.29 is 14.8 Å². The minimum atomic E-state index is -0.941. The van der Waals surface area contributed by atoms with Crippen molar-refractivity contribution in [3.8, 4) is 0 Å². The molecule has 5 heteroatoms. The van der Waals surface area contributed by atoms with Crippen LogP contribution in [-0.4, -0.2) is 16.0 Å². The molecular weight excluding hydrogens is 198 g/mol. The Morgan fingerprint density at radius 2 is 2.13 bits per heavy atom. The maximum atomic E-state index is 10.7. The predicted octanol–water partition coefficient (Wildman–Crippen LogP) is 2.09. The van der Waals surface area contributed by atoms with Gasteiger partial charge in [-0.15, -0.1) is 0 Å². The zero-order valence-electron chi connectivity index (χ0n) is 8.43. The highest BCUT2D eigenvalue weighted by Gasteiger charge is 2.17. The molecule has 0 bridgehead atoms. The molecule has 15 heavy (non-hydrogen) atoms. The molecule has 0 radical (unpaired) electrons. The lowest BCUT2D eigenvalue weighted by atomic mass is 9.99. The van der Waals surface area contributed by atoms with E-state index in [9.17, 15) is 14.9 Å². The third kappa shape index (κ3) is 2.31. The minimum absolute atomic E-state index is 0.0105. The molecule has 0 unspecified atom stereocenters. The number of hydrogen-bond acceptors (Lipinski definition) is 3. The van der Waals surface area contributed by atoms with Crippen LogP contribution in [0.4, 0.5) is 5.69 Å². The lowest BCUT2D eigenvalue weighted by Crippen LogP contribution is -2.07. The number of carboxylic acids is 1. The molecule has 0 saturated heterocycles. The molecule has 1 N–H and O–H groups in total. The molecule has 1 aromatic rings. The van der Waals surface area contributed by atoms with E-state index >= 15 is 0 Å². The number of rotatable bonds is 3. The Balaban J connectivity index is 3.12. The maximum Gasteiger partial charge on any atom is 0.310 e. The number of hydrogen-bond donors (Lipinski definition) is 1. The highest BCUT2D eigenvalue weighted by Crippen LogP contribution is 2.23. The van der Waals surface area contributed by atoms with E-state index in [-0.39, 0.29) is 5.69 Å². The highest BCUT2D eigenvalue weighted by atomic mass is 16.6. The Morgan fingerprint density at radius 3 is 2.53 bits per heavy atom. The average Bonchev–Trinajstić information content (AvgIpc) is 2.15. The standard InChI is InChI=1S/C10H11NO4/c1-6-5-8(7(2)10(12)13)3-4-9(6)11(14)15/h3-5,7H,1-2H3,(H,12,13)/t7-/m0/s1. The number of aliphatic carboxylic acids is 1. The summed E-state index contributed by atoms with van der Waals surface area (Å²) < 4.78 is 0. The molecule has 0 heterocycles. The van der Waals surface area contributed by atoms with Crippen LogP contribution in [0.25, 0.3) is 0 Å². The van der Waals surface area contributed by atoms with Crippen LogP contribution in [0.2, 0.25) is 0 Å². The summed E-state index contributed by atoms with van der Waals surface area (Å²) in [7, 11) is 0. The Bertz CT molecular complexity index is 414. The summed E-state index contributed by atoms with van der Waals surface area (Å²) in [5.41, 5.74) is 1.06. The molecule has 1 aromatic carbocycles. The Hall–Kier alpha value is -1.91. The molecular formula is C10H11NO4. The number of nitrogens with zero attached hydrogens (tertiary/aromatic N) is 1. The first kappa shape index (κ1) is 11.2. The molecule has 0 aliphatic rings. The van der Waals surface area contributed by atoms with Gasteiger partial charge in [0.2, 0.25) is 0 Å². The van der Waals surface area contributed by atoms with E-state index < -0.39 is 16.8 Å². The van der Waals surface area contributed by atoms with Crippen molar-refractivity contribution in [3.05, 3.63) is 39.4 Å². The lowest BCUT2D eigenvalue weighted by molar-refractivity contribution is -0.385. The number of benzene rings is 1. The van der Waals surface area contributed by atoms with Crippen molar-refractivity contribution in [2.45, 2.75) is 19.8 Å². The zero-order chi connectivity index (χ0) is 11.6. The van der Waals surface area contributed by atoms with Crippen LogP contribution in [0.1, 0.15) is 24.0 Å². The van der Waals surface area contributed by atoms with E-state index in [0.29, 0.717) is 11.1 Å². The first-order chi connectivity index (χ1) is 6.93. The van der Waals surface area contributed by atoms with Crippen LogP contribution in [-0.2, 0) is 4.79 Å². The van der Waals surface area contributed by atoms with Gasteiger partial charge in [-0.1, -0.05) is 6.07 Å². The zero-order valence-corrected chi connectivity index (χ0v) is 8.43. The topological polar surface area (TPSA) is 80.4 Å². The maximum absolute atomic E-state index is 10.7. The quantitative estimate of drug-likeness (QED) is 0.610. The van der Waals surface area contributed by atoms with Crippen LogP contribution in [0.15, 0.2) is 18.2 Å². The van der Waals surface area contributed by atoms with Crippen molar-refractivity contribution in [3.63, 3.8) is 0 Å². The van der Waals surface area contributed by atoms with Crippen LogP contribution < -0.4 is 0 Å². The predicted molar refractivity (Wildman–Crippen MR) is 53.9 cm³/mol.